The molecule has 0 aliphatic rings. The molecule has 0 amide bonds. The number of anilines is 4. The third kappa shape index (κ3) is 4.30. The number of rotatable bonds is 4. The first-order valence-corrected chi connectivity index (χ1v) is 7.93. The molecule has 2 N–H and O–H groups in total. The highest BCUT2D eigenvalue weighted by molar-refractivity contribution is 5.63. The number of halogens is 3. The van der Waals surface area contributed by atoms with Crippen molar-refractivity contribution in [1.29, 1.82) is 0 Å². The van der Waals surface area contributed by atoms with E-state index < -0.39 is 11.7 Å². The van der Waals surface area contributed by atoms with Crippen molar-refractivity contribution in [2.75, 3.05) is 10.6 Å². The Kier molecular flexibility index (Phi) is 4.79. The van der Waals surface area contributed by atoms with Gasteiger partial charge in [0, 0.05) is 11.9 Å². The smallest absolute Gasteiger partial charge is 0.340 e. The fraction of sp³-hybridized carbons (Fsp3) is 0.158. The minimum atomic E-state index is -4.45. The molecule has 3 rings (SSSR count). The van der Waals surface area contributed by atoms with E-state index in [1.807, 2.05) is 32.0 Å². The van der Waals surface area contributed by atoms with E-state index >= 15 is 0 Å². The molecule has 134 valence electrons. The minimum Gasteiger partial charge on any atom is -0.340 e. The number of aromatic nitrogens is 2. The van der Waals surface area contributed by atoms with E-state index in [0.717, 1.165) is 22.9 Å². The molecule has 26 heavy (non-hydrogen) atoms. The van der Waals surface area contributed by atoms with E-state index in [2.05, 4.69) is 20.6 Å². The molecule has 0 saturated carbocycles. The Balaban J connectivity index is 1.85. The first-order valence-electron chi connectivity index (χ1n) is 7.93. The van der Waals surface area contributed by atoms with Crippen LogP contribution in [0.1, 0.15) is 16.7 Å². The summed E-state index contributed by atoms with van der Waals surface area (Å²) >= 11 is 0. The lowest BCUT2D eigenvalue weighted by Crippen LogP contribution is -2.09. The Hall–Kier alpha value is -3.09. The molecule has 0 radical (unpaired) electrons. The summed E-state index contributed by atoms with van der Waals surface area (Å²) in [6.07, 6.45) is -2.96. The van der Waals surface area contributed by atoms with Crippen LogP contribution in [0.4, 0.5) is 36.3 Å². The van der Waals surface area contributed by atoms with E-state index in [9.17, 15) is 13.2 Å². The molecule has 1 heterocycles. The maximum atomic E-state index is 13.1. The van der Waals surface area contributed by atoms with Gasteiger partial charge in [0.15, 0.2) is 0 Å². The number of aryl methyl sites for hydroxylation is 2. The number of hydrogen-bond acceptors (Lipinski definition) is 4. The molecule has 2 aromatic carbocycles. The minimum absolute atomic E-state index is 0.0592. The van der Waals surface area contributed by atoms with E-state index in [4.69, 9.17) is 0 Å². The number of nitrogens with zero attached hydrogens (tertiary/aromatic N) is 2. The average molecular weight is 358 g/mol. The standard InChI is InChI=1S/C19H17F3N4/c1-12-9-13(2)11-14(10-12)24-18-23-8-7-17(26-18)25-16-6-4-3-5-15(16)19(20,21)22/h3-11H,1-2H3,(H2,23,24,25,26). The second-order valence-electron chi connectivity index (χ2n) is 5.94. The van der Waals surface area contributed by atoms with Crippen LogP contribution in [0.2, 0.25) is 0 Å². The van der Waals surface area contributed by atoms with Crippen LogP contribution in [0.3, 0.4) is 0 Å². The van der Waals surface area contributed by atoms with Crippen molar-refractivity contribution in [1.82, 2.24) is 9.97 Å². The molecule has 0 atom stereocenters. The van der Waals surface area contributed by atoms with Crippen LogP contribution in [0.15, 0.2) is 54.7 Å². The zero-order valence-corrected chi connectivity index (χ0v) is 14.2. The Morgan fingerprint density at radius 1 is 0.885 bits per heavy atom. The number of hydrogen-bond donors (Lipinski definition) is 2. The number of para-hydroxylation sites is 1. The van der Waals surface area contributed by atoms with Crippen LogP contribution < -0.4 is 10.6 Å². The normalized spacial score (nSPS) is 11.3. The molecule has 0 bridgehead atoms. The summed E-state index contributed by atoms with van der Waals surface area (Å²) in [6, 6.07) is 12.7. The summed E-state index contributed by atoms with van der Waals surface area (Å²) in [5, 5.41) is 5.79. The Morgan fingerprint density at radius 3 is 2.27 bits per heavy atom. The SMILES string of the molecule is Cc1cc(C)cc(Nc2nccc(Nc3ccccc3C(F)(F)F)n2)c1. The second-order valence-corrected chi connectivity index (χ2v) is 5.94. The summed E-state index contributed by atoms with van der Waals surface area (Å²) in [7, 11) is 0. The van der Waals surface area contributed by atoms with E-state index in [-0.39, 0.29) is 11.5 Å². The van der Waals surface area contributed by atoms with Crippen LogP contribution in [-0.2, 0) is 6.18 Å². The van der Waals surface area contributed by atoms with E-state index in [0.29, 0.717) is 5.95 Å². The summed E-state index contributed by atoms with van der Waals surface area (Å²) in [5.74, 6) is 0.563. The molecule has 7 heteroatoms. The number of benzene rings is 2. The largest absolute Gasteiger partial charge is 0.418 e. The van der Waals surface area contributed by atoms with Crippen LogP contribution in [0.25, 0.3) is 0 Å². The lowest BCUT2D eigenvalue weighted by molar-refractivity contribution is -0.136. The van der Waals surface area contributed by atoms with Gasteiger partial charge in [-0.3, -0.25) is 0 Å². The Bertz CT molecular complexity index is 902. The van der Waals surface area contributed by atoms with Gasteiger partial charge in [-0.25, -0.2) is 4.98 Å². The zero-order valence-electron chi connectivity index (χ0n) is 14.2. The quantitative estimate of drug-likeness (QED) is 0.637. The van der Waals surface area contributed by atoms with Gasteiger partial charge in [-0.05, 0) is 55.3 Å². The molecule has 4 nitrogen and oxygen atoms in total. The fourth-order valence-corrected chi connectivity index (χ4v) is 2.64. The maximum Gasteiger partial charge on any atom is 0.418 e. The van der Waals surface area contributed by atoms with Gasteiger partial charge in [-0.15, -0.1) is 0 Å². The highest BCUT2D eigenvalue weighted by atomic mass is 19.4. The first kappa shape index (κ1) is 17.7. The Labute approximate surface area is 149 Å². The molecular formula is C19H17F3N4. The van der Waals surface area contributed by atoms with Gasteiger partial charge in [-0.2, -0.15) is 18.2 Å². The average Bonchev–Trinajstić information content (AvgIpc) is 2.53. The van der Waals surface area contributed by atoms with Crippen LogP contribution in [-0.4, -0.2) is 9.97 Å². The highest BCUT2D eigenvalue weighted by Gasteiger charge is 2.33. The van der Waals surface area contributed by atoms with E-state index in [1.165, 1.54) is 30.5 Å². The maximum absolute atomic E-state index is 13.1. The van der Waals surface area contributed by atoms with Crippen LogP contribution in [0, 0.1) is 13.8 Å². The van der Waals surface area contributed by atoms with Gasteiger partial charge in [0.1, 0.15) is 5.82 Å². The van der Waals surface area contributed by atoms with Crippen molar-refractivity contribution >= 4 is 23.1 Å². The van der Waals surface area contributed by atoms with Gasteiger partial charge in [0.05, 0.1) is 11.3 Å². The summed E-state index contributed by atoms with van der Waals surface area (Å²) in [5.41, 5.74) is 2.18. The molecule has 0 saturated heterocycles. The van der Waals surface area contributed by atoms with Gasteiger partial charge in [-0.1, -0.05) is 18.2 Å². The molecule has 0 fully saturated rings. The second kappa shape index (κ2) is 7.03. The van der Waals surface area contributed by atoms with Gasteiger partial charge in [0.2, 0.25) is 5.95 Å². The van der Waals surface area contributed by atoms with Crippen LogP contribution >= 0.6 is 0 Å². The molecule has 0 spiro atoms. The lowest BCUT2D eigenvalue weighted by Gasteiger charge is -2.14. The third-order valence-electron chi connectivity index (χ3n) is 3.63. The van der Waals surface area contributed by atoms with Crippen molar-refractivity contribution < 1.29 is 13.2 Å². The van der Waals surface area contributed by atoms with Crippen LogP contribution in [0.5, 0.6) is 0 Å². The molecule has 0 aliphatic carbocycles. The molecule has 3 aromatic rings. The van der Waals surface area contributed by atoms with Crippen molar-refractivity contribution in [3.05, 3.63) is 71.4 Å². The summed E-state index contributed by atoms with van der Waals surface area (Å²) in [4.78, 5) is 8.37. The molecular weight excluding hydrogens is 341 g/mol. The summed E-state index contributed by atoms with van der Waals surface area (Å²) in [6.45, 7) is 3.95. The first-order chi connectivity index (χ1) is 12.3. The van der Waals surface area contributed by atoms with Crippen molar-refractivity contribution in [3.63, 3.8) is 0 Å². The fourth-order valence-electron chi connectivity index (χ4n) is 2.64. The summed E-state index contributed by atoms with van der Waals surface area (Å²) < 4.78 is 39.3. The van der Waals surface area contributed by atoms with E-state index in [1.54, 1.807) is 0 Å². The van der Waals surface area contributed by atoms with Gasteiger partial charge >= 0.3 is 6.18 Å². The Morgan fingerprint density at radius 2 is 1.58 bits per heavy atom. The lowest BCUT2D eigenvalue weighted by atomic mass is 10.1. The predicted molar refractivity (Wildman–Crippen MR) is 96.0 cm³/mol. The molecule has 0 aliphatic heterocycles. The number of nitrogens with one attached hydrogen (secondary N) is 2. The zero-order chi connectivity index (χ0) is 18.7. The van der Waals surface area contributed by atoms with Gasteiger partial charge in [0.25, 0.3) is 0 Å². The van der Waals surface area contributed by atoms with Crippen molar-refractivity contribution in [2.45, 2.75) is 20.0 Å². The molecule has 0 unspecified atom stereocenters. The topological polar surface area (TPSA) is 49.8 Å². The van der Waals surface area contributed by atoms with Crippen molar-refractivity contribution in [3.8, 4) is 0 Å². The number of alkyl halides is 3. The third-order valence-corrected chi connectivity index (χ3v) is 3.63. The monoisotopic (exact) mass is 358 g/mol. The van der Waals surface area contributed by atoms with Gasteiger partial charge < -0.3 is 10.6 Å². The van der Waals surface area contributed by atoms with Crippen molar-refractivity contribution in [2.24, 2.45) is 0 Å². The molecule has 1 aromatic heterocycles. The predicted octanol–water partition coefficient (Wildman–Crippen LogP) is 5.60. The highest BCUT2D eigenvalue weighted by Crippen LogP contribution is 2.35.